The van der Waals surface area contributed by atoms with Crippen molar-refractivity contribution in [1.29, 1.82) is 0 Å². The lowest BCUT2D eigenvalue weighted by atomic mass is 10.0. The number of fused-ring (bicyclic) bond motifs is 3. The van der Waals surface area contributed by atoms with Gasteiger partial charge < -0.3 is 9.47 Å². The second-order valence-electron chi connectivity index (χ2n) is 5.87. The molecule has 3 aromatic rings. The summed E-state index contributed by atoms with van der Waals surface area (Å²) >= 11 is 0. The van der Waals surface area contributed by atoms with E-state index in [-0.39, 0.29) is 23.2 Å². The van der Waals surface area contributed by atoms with Crippen molar-refractivity contribution in [2.75, 3.05) is 13.5 Å². The van der Waals surface area contributed by atoms with E-state index in [1.165, 1.54) is 25.4 Å². The van der Waals surface area contributed by atoms with Crippen molar-refractivity contribution in [2.24, 2.45) is 0 Å². The Balaban J connectivity index is 1.98. The minimum atomic E-state index is -2.79. The molecule has 24 heavy (non-hydrogen) atoms. The molecule has 4 rings (SSSR count). The highest BCUT2D eigenvalue weighted by Crippen LogP contribution is 2.31. The highest BCUT2D eigenvalue weighted by Gasteiger charge is 2.22. The number of aryl methyl sites for hydroxylation is 4. The Morgan fingerprint density at radius 1 is 1.33 bits per heavy atom. The number of likely N-dealkylation sites (N-methyl/N-ethyl adjacent to an activating group) is 1. The van der Waals surface area contributed by atoms with Crippen molar-refractivity contribution in [3.8, 4) is 0 Å². The average Bonchev–Trinajstić information content (AvgIpc) is 3.08. The van der Waals surface area contributed by atoms with Gasteiger partial charge in [0.25, 0.3) is 0 Å². The Kier molecular flexibility index (Phi) is 1.87. The summed E-state index contributed by atoms with van der Waals surface area (Å²) in [5.41, 5.74) is 0.695. The van der Waals surface area contributed by atoms with E-state index in [1.807, 2.05) is 0 Å². The van der Waals surface area contributed by atoms with Gasteiger partial charge in [-0.3, -0.25) is 4.98 Å². The molecule has 0 spiro atoms. The zero-order valence-corrected chi connectivity index (χ0v) is 13.5. The van der Waals surface area contributed by atoms with E-state index < -0.39 is 38.4 Å². The predicted molar refractivity (Wildman–Crippen MR) is 99.4 cm³/mol. The van der Waals surface area contributed by atoms with Crippen LogP contribution >= 0.6 is 0 Å². The third kappa shape index (κ3) is 2.73. The Morgan fingerprint density at radius 2 is 2.25 bits per heavy atom. The van der Waals surface area contributed by atoms with Gasteiger partial charge in [0, 0.05) is 66.7 Å². The topological polar surface area (TPSA) is 21.1 Å². The van der Waals surface area contributed by atoms with E-state index >= 15 is 0 Å². The van der Waals surface area contributed by atoms with Crippen LogP contribution in [0.4, 0.5) is 0 Å². The van der Waals surface area contributed by atoms with Crippen LogP contribution in [0.3, 0.4) is 0 Å². The molecule has 3 heteroatoms. The molecule has 0 saturated heterocycles. The second kappa shape index (κ2) is 6.06. The monoisotopic (exact) mass is 330 g/mol. The number of aromatic nitrogens is 2. The molecule has 0 N–H and O–H groups in total. The van der Waals surface area contributed by atoms with Crippen molar-refractivity contribution in [3.05, 3.63) is 64.6 Å². The molecule has 0 unspecified atom stereocenters. The van der Waals surface area contributed by atoms with Crippen LogP contribution in [-0.2, 0) is 25.8 Å². The number of benzene rings is 1. The third-order valence-corrected chi connectivity index (χ3v) is 4.01. The Hall–Kier alpha value is -2.13. The van der Waals surface area contributed by atoms with Gasteiger partial charge >= 0.3 is 0 Å². The van der Waals surface area contributed by atoms with Crippen LogP contribution < -0.4 is 0 Å². The predicted octanol–water partition coefficient (Wildman–Crippen LogP) is 3.88. The van der Waals surface area contributed by atoms with Crippen molar-refractivity contribution in [1.82, 2.24) is 14.5 Å². The quantitative estimate of drug-likeness (QED) is 0.726. The van der Waals surface area contributed by atoms with Crippen LogP contribution in [0.1, 0.15) is 43.2 Å². The van der Waals surface area contributed by atoms with Crippen LogP contribution in [0.5, 0.6) is 0 Å². The first-order valence-electron chi connectivity index (χ1n) is 13.2. The molecule has 124 valence electrons. The van der Waals surface area contributed by atoms with E-state index in [1.54, 1.807) is 25.1 Å². The van der Waals surface area contributed by atoms with Gasteiger partial charge in [-0.15, -0.1) is 0 Å². The smallest absolute Gasteiger partial charge is 0.0501 e. The number of rotatable bonds is 3. The summed E-state index contributed by atoms with van der Waals surface area (Å²) in [7, 11) is 1.17. The molecule has 0 atom stereocenters. The molecule has 0 radical (unpaired) electrons. The average molecular weight is 331 g/mol. The SMILES string of the molecule is [2H]C([2H])([2H])c1ccc(CC([2H])([2H])n2c3c(c4cc(C)ccc42)C([2H])([2H])N(C)C([2H])([2H])C3([2H])[2H])cn1. The molecule has 2 aromatic heterocycles. The lowest BCUT2D eigenvalue weighted by molar-refractivity contribution is 0.309. The van der Waals surface area contributed by atoms with Gasteiger partial charge in [-0.1, -0.05) is 17.7 Å². The van der Waals surface area contributed by atoms with Gasteiger partial charge in [-0.2, -0.15) is 0 Å². The molecule has 0 saturated carbocycles. The molecule has 1 aromatic carbocycles. The first-order valence-corrected chi connectivity index (χ1v) is 7.69. The fourth-order valence-corrected chi connectivity index (χ4v) is 2.83. The van der Waals surface area contributed by atoms with Gasteiger partial charge in [-0.05, 0) is 56.6 Å². The molecular formula is C21H25N3. The van der Waals surface area contributed by atoms with E-state index in [9.17, 15) is 0 Å². The van der Waals surface area contributed by atoms with E-state index in [2.05, 4.69) is 4.98 Å². The van der Waals surface area contributed by atoms with E-state index in [0.29, 0.717) is 15.8 Å². The fraction of sp³-hybridized carbons (Fsp3) is 0.381. The van der Waals surface area contributed by atoms with Crippen molar-refractivity contribution in [3.63, 3.8) is 0 Å². The molecule has 1 aliphatic heterocycles. The van der Waals surface area contributed by atoms with Crippen LogP contribution in [0.25, 0.3) is 10.9 Å². The van der Waals surface area contributed by atoms with Crippen LogP contribution in [0.15, 0.2) is 36.5 Å². The van der Waals surface area contributed by atoms with Crippen LogP contribution in [-0.4, -0.2) is 28.0 Å². The Bertz CT molecular complexity index is 1290. The Labute approximate surface area is 159 Å². The molecule has 3 heterocycles. The maximum absolute atomic E-state index is 8.92. The normalized spacial score (nSPS) is 29.2. The zero-order chi connectivity index (χ0) is 26.4. The number of nitrogens with zero attached hydrogens (tertiary/aromatic N) is 3. The number of hydrogen-bond acceptors (Lipinski definition) is 2. The summed E-state index contributed by atoms with van der Waals surface area (Å²) in [5, 5.41) is 0.302. The highest BCUT2D eigenvalue weighted by molar-refractivity contribution is 5.86. The molecule has 1 aliphatic rings. The van der Waals surface area contributed by atoms with Crippen LogP contribution in [0.2, 0.25) is 0 Å². The van der Waals surface area contributed by atoms with Gasteiger partial charge in [0.1, 0.15) is 0 Å². The summed E-state index contributed by atoms with van der Waals surface area (Å²) in [5.74, 6) is 0. The van der Waals surface area contributed by atoms with Gasteiger partial charge in [0.05, 0.1) is 2.74 Å². The summed E-state index contributed by atoms with van der Waals surface area (Å²) < 4.78 is 93.0. The van der Waals surface area contributed by atoms with Gasteiger partial charge in [-0.25, -0.2) is 0 Å². The van der Waals surface area contributed by atoms with Crippen molar-refractivity contribution < 1.29 is 15.1 Å². The summed E-state index contributed by atoms with van der Waals surface area (Å²) in [6.07, 6.45) is -1.85. The summed E-state index contributed by atoms with van der Waals surface area (Å²) in [6.45, 7) is -8.18. The fourth-order valence-electron chi connectivity index (χ4n) is 2.83. The highest BCUT2D eigenvalue weighted by atomic mass is 15.1. The molecular weight excluding hydrogens is 294 g/mol. The lowest BCUT2D eigenvalue weighted by Gasteiger charge is -2.24. The number of pyridine rings is 1. The van der Waals surface area contributed by atoms with Gasteiger partial charge in [0.2, 0.25) is 0 Å². The molecule has 0 aliphatic carbocycles. The second-order valence-corrected chi connectivity index (χ2v) is 5.87. The Morgan fingerprint density at radius 3 is 3.04 bits per heavy atom. The lowest BCUT2D eigenvalue weighted by Crippen LogP contribution is -2.27. The van der Waals surface area contributed by atoms with Crippen molar-refractivity contribution >= 4 is 10.9 Å². The summed E-state index contributed by atoms with van der Waals surface area (Å²) in [6, 6.07) is 7.66. The zero-order valence-electron chi connectivity index (χ0n) is 24.5. The van der Waals surface area contributed by atoms with Gasteiger partial charge in [0.15, 0.2) is 0 Å². The van der Waals surface area contributed by atoms with E-state index in [0.717, 1.165) is 10.1 Å². The molecule has 0 fully saturated rings. The first-order chi connectivity index (χ1) is 15.8. The number of hydrogen-bond donors (Lipinski definition) is 0. The maximum atomic E-state index is 8.92. The minimum Gasteiger partial charge on any atom is -0.344 e. The molecule has 3 nitrogen and oxygen atoms in total. The third-order valence-electron chi connectivity index (χ3n) is 4.01. The molecule has 0 amide bonds. The summed E-state index contributed by atoms with van der Waals surface area (Å²) in [4.78, 5) is 4.63. The van der Waals surface area contributed by atoms with Crippen LogP contribution in [0, 0.1) is 13.8 Å². The standard InChI is InChI=1S/C21H25N3/c1-15-4-7-20-18(12-15)19-14-23(3)10-9-21(19)24(20)11-8-17-6-5-16(2)22-13-17/h4-7,12-13H,8-11,14H2,1-3H3/i2D3,9D2,10D2,11D2,14D2. The van der Waals surface area contributed by atoms with Crippen molar-refractivity contribution in [2.45, 2.75) is 39.6 Å². The largest absolute Gasteiger partial charge is 0.344 e. The first kappa shape index (κ1) is 7.40. The maximum Gasteiger partial charge on any atom is 0.0501 e. The minimum absolute atomic E-state index is 0.112. The van der Waals surface area contributed by atoms with E-state index in [4.69, 9.17) is 15.1 Å². The molecule has 0 bridgehead atoms.